The summed E-state index contributed by atoms with van der Waals surface area (Å²) in [6.07, 6.45) is 0. The summed E-state index contributed by atoms with van der Waals surface area (Å²) in [4.78, 5) is 12.3. The van der Waals surface area contributed by atoms with Gasteiger partial charge in [-0.25, -0.2) is 0 Å². The summed E-state index contributed by atoms with van der Waals surface area (Å²) in [6, 6.07) is 18.0. The highest BCUT2D eigenvalue weighted by Gasteiger charge is 2.10. The SMILES string of the molecule is CC(=O)Oc1ccccc1-c1cc2ccccc2s1. The molecule has 0 amide bonds. The molecular formula is C16H12O2S. The van der Waals surface area contributed by atoms with Crippen LogP contribution in [0, 0.1) is 0 Å². The summed E-state index contributed by atoms with van der Waals surface area (Å²) in [5.41, 5.74) is 0.957. The van der Waals surface area contributed by atoms with Crippen LogP contribution in [0.3, 0.4) is 0 Å². The van der Waals surface area contributed by atoms with Crippen LogP contribution in [0.5, 0.6) is 5.75 Å². The van der Waals surface area contributed by atoms with E-state index < -0.39 is 0 Å². The third-order valence-electron chi connectivity index (χ3n) is 2.83. The molecule has 19 heavy (non-hydrogen) atoms. The van der Waals surface area contributed by atoms with Crippen molar-refractivity contribution in [1.29, 1.82) is 0 Å². The predicted octanol–water partition coefficient (Wildman–Crippen LogP) is 4.49. The van der Waals surface area contributed by atoms with Crippen LogP contribution in [0.4, 0.5) is 0 Å². The molecule has 0 atom stereocenters. The van der Waals surface area contributed by atoms with Crippen molar-refractivity contribution in [3.05, 3.63) is 54.6 Å². The minimum Gasteiger partial charge on any atom is -0.426 e. The molecule has 0 saturated heterocycles. The summed E-state index contributed by atoms with van der Waals surface area (Å²) < 4.78 is 6.50. The topological polar surface area (TPSA) is 26.3 Å². The minimum absolute atomic E-state index is 0.298. The second-order valence-electron chi connectivity index (χ2n) is 4.24. The summed E-state index contributed by atoms with van der Waals surface area (Å²) in [6.45, 7) is 1.42. The zero-order valence-electron chi connectivity index (χ0n) is 10.4. The molecule has 94 valence electrons. The second kappa shape index (κ2) is 4.86. The first-order valence-electron chi connectivity index (χ1n) is 6.00. The lowest BCUT2D eigenvalue weighted by Gasteiger charge is -2.06. The van der Waals surface area contributed by atoms with Crippen LogP contribution in [-0.4, -0.2) is 5.97 Å². The molecule has 1 aromatic heterocycles. The molecule has 0 aliphatic heterocycles. The van der Waals surface area contributed by atoms with E-state index in [1.807, 2.05) is 36.4 Å². The fourth-order valence-electron chi connectivity index (χ4n) is 2.03. The maximum absolute atomic E-state index is 11.2. The normalized spacial score (nSPS) is 10.6. The van der Waals surface area contributed by atoms with E-state index in [-0.39, 0.29) is 5.97 Å². The highest BCUT2D eigenvalue weighted by molar-refractivity contribution is 7.22. The zero-order valence-corrected chi connectivity index (χ0v) is 11.2. The molecule has 0 bridgehead atoms. The first-order chi connectivity index (χ1) is 9.24. The molecule has 3 rings (SSSR count). The summed E-state index contributed by atoms with van der Waals surface area (Å²) in [5.74, 6) is 0.315. The quantitative estimate of drug-likeness (QED) is 0.505. The van der Waals surface area contributed by atoms with Crippen LogP contribution in [0.2, 0.25) is 0 Å². The van der Waals surface area contributed by atoms with Gasteiger partial charge in [0.25, 0.3) is 0 Å². The monoisotopic (exact) mass is 268 g/mol. The van der Waals surface area contributed by atoms with E-state index in [0.29, 0.717) is 5.75 Å². The number of rotatable bonds is 2. The third-order valence-corrected chi connectivity index (χ3v) is 3.98. The second-order valence-corrected chi connectivity index (χ2v) is 5.32. The van der Waals surface area contributed by atoms with Gasteiger partial charge in [0.2, 0.25) is 0 Å². The molecular weight excluding hydrogens is 256 g/mol. The van der Waals surface area contributed by atoms with Crippen molar-refractivity contribution in [3.63, 3.8) is 0 Å². The average Bonchev–Trinajstić information content (AvgIpc) is 2.82. The Hall–Kier alpha value is -2.13. The van der Waals surface area contributed by atoms with Crippen LogP contribution >= 0.6 is 11.3 Å². The Bertz CT molecular complexity index is 710. The molecule has 3 aromatic rings. The van der Waals surface area contributed by atoms with E-state index in [1.165, 1.54) is 17.0 Å². The predicted molar refractivity (Wildman–Crippen MR) is 78.6 cm³/mol. The van der Waals surface area contributed by atoms with E-state index in [2.05, 4.69) is 18.2 Å². The number of hydrogen-bond donors (Lipinski definition) is 0. The fraction of sp³-hybridized carbons (Fsp3) is 0.0625. The van der Waals surface area contributed by atoms with E-state index in [0.717, 1.165) is 10.4 Å². The van der Waals surface area contributed by atoms with Crippen molar-refractivity contribution < 1.29 is 9.53 Å². The Morgan fingerprint density at radius 3 is 2.58 bits per heavy atom. The Morgan fingerprint density at radius 2 is 1.79 bits per heavy atom. The summed E-state index contributed by atoms with van der Waals surface area (Å²) >= 11 is 1.70. The summed E-state index contributed by atoms with van der Waals surface area (Å²) in [7, 11) is 0. The number of carbonyl (C=O) groups excluding carboxylic acids is 1. The lowest BCUT2D eigenvalue weighted by molar-refractivity contribution is -0.131. The number of fused-ring (bicyclic) bond motifs is 1. The van der Waals surface area contributed by atoms with Gasteiger partial charge in [0.1, 0.15) is 5.75 Å². The third kappa shape index (κ3) is 2.37. The average molecular weight is 268 g/mol. The van der Waals surface area contributed by atoms with Crippen LogP contribution in [0.25, 0.3) is 20.5 Å². The number of esters is 1. The van der Waals surface area contributed by atoms with Gasteiger partial charge in [-0.05, 0) is 29.7 Å². The number of benzene rings is 2. The maximum atomic E-state index is 11.2. The molecule has 2 aromatic carbocycles. The Kier molecular flexibility index (Phi) is 3.05. The van der Waals surface area contributed by atoms with Crippen molar-refractivity contribution in [2.45, 2.75) is 6.92 Å². The largest absolute Gasteiger partial charge is 0.426 e. The molecule has 2 nitrogen and oxygen atoms in total. The van der Waals surface area contributed by atoms with Gasteiger partial charge >= 0.3 is 5.97 Å². The lowest BCUT2D eigenvalue weighted by Crippen LogP contribution is -2.02. The Morgan fingerprint density at radius 1 is 1.05 bits per heavy atom. The van der Waals surface area contributed by atoms with Gasteiger partial charge < -0.3 is 4.74 Å². The molecule has 0 spiro atoms. The van der Waals surface area contributed by atoms with Gasteiger partial charge in [-0.1, -0.05) is 30.3 Å². The van der Waals surface area contributed by atoms with E-state index in [9.17, 15) is 4.79 Å². The summed E-state index contributed by atoms with van der Waals surface area (Å²) in [5, 5.41) is 1.21. The molecule has 0 radical (unpaired) electrons. The van der Waals surface area contributed by atoms with Crippen LogP contribution in [0.1, 0.15) is 6.92 Å². The van der Waals surface area contributed by atoms with Gasteiger partial charge in [-0.3, -0.25) is 4.79 Å². The maximum Gasteiger partial charge on any atom is 0.308 e. The van der Waals surface area contributed by atoms with Crippen molar-refractivity contribution in [2.75, 3.05) is 0 Å². The van der Waals surface area contributed by atoms with Gasteiger partial charge in [-0.15, -0.1) is 11.3 Å². The van der Waals surface area contributed by atoms with Crippen LogP contribution < -0.4 is 4.74 Å². The van der Waals surface area contributed by atoms with E-state index >= 15 is 0 Å². The van der Waals surface area contributed by atoms with Gasteiger partial charge in [0.15, 0.2) is 0 Å². The smallest absolute Gasteiger partial charge is 0.308 e. The highest BCUT2D eigenvalue weighted by Crippen LogP contribution is 2.38. The highest BCUT2D eigenvalue weighted by atomic mass is 32.1. The van der Waals surface area contributed by atoms with Gasteiger partial charge in [0, 0.05) is 22.1 Å². The molecule has 0 unspecified atom stereocenters. The number of ether oxygens (including phenoxy) is 1. The van der Waals surface area contributed by atoms with Crippen LogP contribution in [-0.2, 0) is 4.79 Å². The Balaban J connectivity index is 2.13. The first kappa shape index (κ1) is 11.9. The van der Waals surface area contributed by atoms with Crippen molar-refractivity contribution in [3.8, 4) is 16.2 Å². The molecule has 0 aliphatic rings. The minimum atomic E-state index is -0.298. The first-order valence-corrected chi connectivity index (χ1v) is 6.82. The molecule has 0 saturated carbocycles. The lowest BCUT2D eigenvalue weighted by atomic mass is 10.1. The van der Waals surface area contributed by atoms with Crippen molar-refractivity contribution in [2.24, 2.45) is 0 Å². The van der Waals surface area contributed by atoms with E-state index in [1.54, 1.807) is 11.3 Å². The molecule has 0 aliphatic carbocycles. The fourth-order valence-corrected chi connectivity index (χ4v) is 3.12. The number of para-hydroxylation sites is 1. The van der Waals surface area contributed by atoms with Crippen molar-refractivity contribution >= 4 is 27.4 Å². The molecule has 0 N–H and O–H groups in total. The van der Waals surface area contributed by atoms with Crippen molar-refractivity contribution in [1.82, 2.24) is 0 Å². The Labute approximate surface area is 115 Å². The van der Waals surface area contributed by atoms with Gasteiger partial charge in [0.05, 0.1) is 0 Å². The molecule has 0 fully saturated rings. The van der Waals surface area contributed by atoms with Gasteiger partial charge in [-0.2, -0.15) is 0 Å². The van der Waals surface area contributed by atoms with E-state index in [4.69, 9.17) is 4.74 Å². The zero-order chi connectivity index (χ0) is 13.2. The molecule has 1 heterocycles. The molecule has 3 heteroatoms. The number of thiophene rings is 1. The number of hydrogen-bond acceptors (Lipinski definition) is 3. The van der Waals surface area contributed by atoms with Crippen LogP contribution in [0.15, 0.2) is 54.6 Å². The standard InChI is InChI=1S/C16H12O2S/c1-11(17)18-14-8-4-3-7-13(14)16-10-12-6-2-5-9-15(12)19-16/h2-10H,1H3. The number of carbonyl (C=O) groups is 1.